The molecule has 3 aromatic carbocycles. The SMILES string of the molecule is COCC(=O)N[C@@H](Cc1ccc(Cl)cc1)C(=O)N[C@@H](Cc1ccccc1)C(=O)N[C@@H](CCCN=C(N)N)C(=O)N[C@@H](Cc1c[nH]c2ccccc12)C(N)=O. The quantitative estimate of drug-likeness (QED) is 0.0366. The van der Waals surface area contributed by atoms with Crippen molar-refractivity contribution in [1.29, 1.82) is 0 Å². The molecular formula is C38H46ClN9O6. The largest absolute Gasteiger partial charge is 0.375 e. The maximum atomic E-state index is 14.1. The number of methoxy groups -OCH3 is 1. The lowest BCUT2D eigenvalue weighted by molar-refractivity contribution is -0.134. The molecule has 0 radical (unpaired) electrons. The van der Waals surface area contributed by atoms with Crippen LogP contribution in [0, 0.1) is 0 Å². The van der Waals surface area contributed by atoms with E-state index < -0.39 is 53.7 Å². The van der Waals surface area contributed by atoms with Gasteiger partial charge in [-0.25, -0.2) is 0 Å². The number of H-pyrrole nitrogens is 1. The predicted octanol–water partition coefficient (Wildman–Crippen LogP) is 0.974. The van der Waals surface area contributed by atoms with Crippen molar-refractivity contribution in [2.75, 3.05) is 20.3 Å². The van der Waals surface area contributed by atoms with Crippen LogP contribution >= 0.6 is 11.6 Å². The van der Waals surface area contributed by atoms with E-state index in [1.165, 1.54) is 7.11 Å². The van der Waals surface area contributed by atoms with E-state index in [4.69, 9.17) is 33.5 Å². The minimum absolute atomic E-state index is 0.0465. The summed E-state index contributed by atoms with van der Waals surface area (Å²) in [7, 11) is 1.35. The molecule has 1 aromatic heterocycles. The number of halogens is 1. The van der Waals surface area contributed by atoms with Gasteiger partial charge in [0, 0.05) is 55.0 Å². The van der Waals surface area contributed by atoms with Crippen molar-refractivity contribution in [1.82, 2.24) is 26.3 Å². The third kappa shape index (κ3) is 12.6. The number of aliphatic imine (C=N–C) groups is 1. The Balaban J connectivity index is 1.58. The Labute approximate surface area is 317 Å². The summed E-state index contributed by atoms with van der Waals surface area (Å²) in [6.45, 7) is -0.129. The zero-order valence-corrected chi connectivity index (χ0v) is 30.6. The Morgan fingerprint density at radius 3 is 1.94 bits per heavy atom. The maximum absolute atomic E-state index is 14.1. The van der Waals surface area contributed by atoms with Gasteiger partial charge in [-0.05, 0) is 47.7 Å². The summed E-state index contributed by atoms with van der Waals surface area (Å²) in [6.07, 6.45) is 2.33. The van der Waals surface area contributed by atoms with Gasteiger partial charge in [-0.3, -0.25) is 29.0 Å². The molecule has 11 N–H and O–H groups in total. The fourth-order valence-corrected chi connectivity index (χ4v) is 5.95. The number of hydrogen-bond acceptors (Lipinski definition) is 7. The molecule has 5 amide bonds. The van der Waals surface area contributed by atoms with Crippen LogP contribution < -0.4 is 38.5 Å². The topological polar surface area (TPSA) is 249 Å². The number of carbonyl (C=O) groups is 5. The molecule has 15 nitrogen and oxygen atoms in total. The summed E-state index contributed by atoms with van der Waals surface area (Å²) in [4.78, 5) is 74.1. The first-order valence-electron chi connectivity index (χ1n) is 17.3. The van der Waals surface area contributed by atoms with Crippen molar-refractivity contribution in [2.45, 2.75) is 56.3 Å². The second-order valence-corrected chi connectivity index (χ2v) is 13.1. The van der Waals surface area contributed by atoms with Gasteiger partial charge in [0.05, 0.1) is 0 Å². The lowest BCUT2D eigenvalue weighted by Crippen LogP contribution is -2.59. The van der Waals surface area contributed by atoms with Gasteiger partial charge in [-0.15, -0.1) is 0 Å². The van der Waals surface area contributed by atoms with E-state index >= 15 is 0 Å². The second-order valence-electron chi connectivity index (χ2n) is 12.7. The Hall–Kier alpha value is -5.93. The molecule has 16 heteroatoms. The number of nitrogens with two attached hydrogens (primary N) is 3. The highest BCUT2D eigenvalue weighted by Crippen LogP contribution is 2.19. The maximum Gasteiger partial charge on any atom is 0.246 e. The third-order valence-corrected chi connectivity index (χ3v) is 8.78. The number of primary amides is 1. The van der Waals surface area contributed by atoms with E-state index in [1.807, 2.05) is 30.3 Å². The van der Waals surface area contributed by atoms with Gasteiger partial charge in [0.2, 0.25) is 29.5 Å². The minimum Gasteiger partial charge on any atom is -0.375 e. The van der Waals surface area contributed by atoms with Gasteiger partial charge < -0.3 is 48.2 Å². The van der Waals surface area contributed by atoms with Crippen LogP contribution in [0.25, 0.3) is 10.9 Å². The van der Waals surface area contributed by atoms with Crippen LogP contribution in [0.2, 0.25) is 5.02 Å². The number of aromatic nitrogens is 1. The predicted molar refractivity (Wildman–Crippen MR) is 206 cm³/mol. The molecule has 0 saturated carbocycles. The normalized spacial score (nSPS) is 13.1. The number of nitrogens with zero attached hydrogens (tertiary/aromatic N) is 1. The molecule has 0 aliphatic heterocycles. The summed E-state index contributed by atoms with van der Waals surface area (Å²) in [5, 5.41) is 12.3. The molecule has 0 aliphatic rings. The number of rotatable bonds is 20. The van der Waals surface area contributed by atoms with E-state index in [-0.39, 0.29) is 51.2 Å². The number of aromatic amines is 1. The van der Waals surface area contributed by atoms with Crippen molar-refractivity contribution >= 4 is 58.0 Å². The Bertz CT molecular complexity index is 1920. The van der Waals surface area contributed by atoms with Gasteiger partial charge in [-0.1, -0.05) is 72.3 Å². The smallest absolute Gasteiger partial charge is 0.246 e. The van der Waals surface area contributed by atoms with E-state index in [0.29, 0.717) is 10.6 Å². The number of nitrogens with one attached hydrogen (secondary N) is 5. The highest BCUT2D eigenvalue weighted by Gasteiger charge is 2.31. The number of carbonyl (C=O) groups excluding carboxylic acids is 5. The minimum atomic E-state index is -1.20. The van der Waals surface area contributed by atoms with Crippen LogP contribution in [0.5, 0.6) is 0 Å². The van der Waals surface area contributed by atoms with Crippen LogP contribution in [-0.2, 0) is 48.0 Å². The molecule has 286 valence electrons. The number of para-hydroxylation sites is 1. The number of guanidine groups is 1. The average Bonchev–Trinajstić information content (AvgIpc) is 3.55. The van der Waals surface area contributed by atoms with Crippen LogP contribution in [0.3, 0.4) is 0 Å². The fourth-order valence-electron chi connectivity index (χ4n) is 5.82. The summed E-state index contributed by atoms with van der Waals surface area (Å²) in [5.74, 6) is -3.44. The standard InChI is InChI=1S/C38H46ClN9O6/c1-54-22-33(49)45-31(19-24-13-15-26(39)16-14-24)36(52)48-32(18-23-8-3-2-4-9-23)37(53)46-29(12-7-17-43-38(41)42)35(51)47-30(34(40)50)20-25-21-44-28-11-6-5-10-27(25)28/h2-6,8-11,13-16,21,29-32,44H,7,12,17-20,22H2,1H3,(H2,40,50)(H,45,49)(H,46,53)(H,47,51)(H,48,52)(H4,41,42,43)/t29-,30-,31-,32-/m0/s1. The van der Waals surface area contributed by atoms with Crippen LogP contribution in [0.4, 0.5) is 0 Å². The summed E-state index contributed by atoms with van der Waals surface area (Å²) < 4.78 is 4.94. The monoisotopic (exact) mass is 759 g/mol. The van der Waals surface area contributed by atoms with E-state index in [2.05, 4.69) is 31.2 Å². The molecule has 0 saturated heterocycles. The molecule has 4 rings (SSSR count). The molecule has 0 aliphatic carbocycles. The number of ether oxygens (including phenoxy) is 1. The molecule has 0 fully saturated rings. The zero-order chi connectivity index (χ0) is 39.0. The number of benzene rings is 3. The first-order valence-corrected chi connectivity index (χ1v) is 17.7. The number of amides is 5. The Morgan fingerprint density at radius 2 is 1.30 bits per heavy atom. The second kappa shape index (κ2) is 20.3. The van der Waals surface area contributed by atoms with E-state index in [1.54, 1.807) is 54.7 Å². The van der Waals surface area contributed by atoms with Crippen molar-refractivity contribution < 1.29 is 28.7 Å². The molecule has 0 spiro atoms. The van der Waals surface area contributed by atoms with E-state index in [9.17, 15) is 24.0 Å². The first-order chi connectivity index (χ1) is 25.9. The molecule has 4 aromatic rings. The van der Waals surface area contributed by atoms with Gasteiger partial charge in [0.15, 0.2) is 5.96 Å². The Morgan fingerprint density at radius 1 is 0.722 bits per heavy atom. The lowest BCUT2D eigenvalue weighted by Gasteiger charge is -2.26. The Kier molecular flexibility index (Phi) is 15.4. The van der Waals surface area contributed by atoms with Crippen LogP contribution in [0.1, 0.15) is 29.5 Å². The third-order valence-electron chi connectivity index (χ3n) is 8.53. The average molecular weight is 760 g/mol. The van der Waals surface area contributed by atoms with Crippen LogP contribution in [0.15, 0.2) is 90.1 Å². The summed E-state index contributed by atoms with van der Waals surface area (Å²) in [6, 6.07) is 18.7. The van der Waals surface area contributed by atoms with E-state index in [0.717, 1.165) is 22.0 Å². The number of hydrogen-bond donors (Lipinski definition) is 8. The van der Waals surface area contributed by atoms with Gasteiger partial charge in [0.1, 0.15) is 30.8 Å². The summed E-state index contributed by atoms with van der Waals surface area (Å²) in [5.41, 5.74) is 19.8. The highest BCUT2D eigenvalue weighted by molar-refractivity contribution is 6.30. The molecule has 4 atom stereocenters. The van der Waals surface area contributed by atoms with Crippen molar-refractivity contribution in [2.24, 2.45) is 22.2 Å². The molecule has 0 bridgehead atoms. The first kappa shape index (κ1) is 40.8. The van der Waals surface area contributed by atoms with Crippen molar-refractivity contribution in [3.05, 3.63) is 107 Å². The molecule has 1 heterocycles. The molecule has 54 heavy (non-hydrogen) atoms. The lowest BCUT2D eigenvalue weighted by atomic mass is 10.0. The molecular weight excluding hydrogens is 714 g/mol. The summed E-state index contributed by atoms with van der Waals surface area (Å²) >= 11 is 6.05. The van der Waals surface area contributed by atoms with Crippen LogP contribution in [-0.4, -0.2) is 84.9 Å². The van der Waals surface area contributed by atoms with Crippen molar-refractivity contribution in [3.8, 4) is 0 Å². The number of fused-ring (bicyclic) bond motifs is 1. The van der Waals surface area contributed by atoms with Gasteiger partial charge in [-0.2, -0.15) is 0 Å². The van der Waals surface area contributed by atoms with Gasteiger partial charge in [0.25, 0.3) is 0 Å². The van der Waals surface area contributed by atoms with Gasteiger partial charge >= 0.3 is 0 Å². The molecule has 0 unspecified atom stereocenters. The zero-order valence-electron chi connectivity index (χ0n) is 29.8. The fraction of sp³-hybridized carbons (Fsp3) is 0.316. The van der Waals surface area contributed by atoms with Crippen molar-refractivity contribution in [3.63, 3.8) is 0 Å². The highest BCUT2D eigenvalue weighted by atomic mass is 35.5.